The summed E-state index contributed by atoms with van der Waals surface area (Å²) >= 11 is 0. The molecule has 0 radical (unpaired) electrons. The van der Waals surface area contributed by atoms with Crippen molar-refractivity contribution in [3.63, 3.8) is 0 Å². The Morgan fingerprint density at radius 1 is 1.24 bits per heavy atom. The summed E-state index contributed by atoms with van der Waals surface area (Å²) in [7, 11) is 3.71. The van der Waals surface area contributed by atoms with Crippen LogP contribution >= 0.6 is 0 Å². The van der Waals surface area contributed by atoms with Crippen molar-refractivity contribution in [2.75, 3.05) is 19.4 Å². The van der Waals surface area contributed by atoms with Gasteiger partial charge in [0.15, 0.2) is 0 Å². The fraction of sp³-hybridized carbons (Fsp3) is 0.706. The SMILES string of the molecule is CN=C(c1nc(NC)cnc1CCCCC(C)C)C(C)C. The maximum absolute atomic E-state index is 4.69. The third-order valence-corrected chi connectivity index (χ3v) is 3.58. The standard InChI is InChI=1S/C17H30N4/c1-12(2)9-7-8-10-14-17(16(19-6)13(3)4)21-15(18-5)11-20-14/h11-13H,7-10H2,1-6H3,(H,18,21). The predicted octanol–water partition coefficient (Wildman–Crippen LogP) is 3.96. The Kier molecular flexibility index (Phi) is 7.34. The minimum Gasteiger partial charge on any atom is -0.372 e. The molecular weight excluding hydrogens is 260 g/mol. The quantitative estimate of drug-likeness (QED) is 0.582. The molecule has 4 nitrogen and oxygen atoms in total. The van der Waals surface area contributed by atoms with E-state index in [2.05, 4.69) is 43.0 Å². The van der Waals surface area contributed by atoms with Crippen molar-refractivity contribution >= 4 is 11.5 Å². The Hall–Kier alpha value is -1.45. The van der Waals surface area contributed by atoms with Gasteiger partial charge in [0.05, 0.1) is 17.6 Å². The second-order valence-electron chi connectivity index (χ2n) is 6.20. The minimum atomic E-state index is 0.353. The molecule has 0 aliphatic heterocycles. The van der Waals surface area contributed by atoms with E-state index in [0.717, 1.165) is 41.7 Å². The van der Waals surface area contributed by atoms with E-state index < -0.39 is 0 Å². The maximum Gasteiger partial charge on any atom is 0.145 e. The average molecular weight is 290 g/mol. The first-order valence-corrected chi connectivity index (χ1v) is 8.00. The van der Waals surface area contributed by atoms with Crippen LogP contribution in [0.25, 0.3) is 0 Å². The number of hydrogen-bond acceptors (Lipinski definition) is 4. The zero-order valence-electron chi connectivity index (χ0n) is 14.4. The molecule has 0 bridgehead atoms. The molecule has 1 aromatic heterocycles. The Balaban J connectivity index is 2.92. The van der Waals surface area contributed by atoms with Gasteiger partial charge >= 0.3 is 0 Å². The van der Waals surface area contributed by atoms with Crippen LogP contribution in [-0.4, -0.2) is 29.8 Å². The lowest BCUT2D eigenvalue weighted by Crippen LogP contribution is -2.16. The molecule has 1 aromatic rings. The number of aliphatic imine (C=N–C) groups is 1. The number of rotatable bonds is 8. The third-order valence-electron chi connectivity index (χ3n) is 3.58. The molecule has 1 N–H and O–H groups in total. The van der Waals surface area contributed by atoms with Crippen molar-refractivity contribution in [3.8, 4) is 0 Å². The van der Waals surface area contributed by atoms with Gasteiger partial charge in [-0.05, 0) is 24.7 Å². The van der Waals surface area contributed by atoms with Gasteiger partial charge < -0.3 is 5.32 Å². The first kappa shape index (κ1) is 17.6. The fourth-order valence-electron chi connectivity index (χ4n) is 2.41. The first-order chi connectivity index (χ1) is 9.99. The number of unbranched alkanes of at least 4 members (excludes halogenated alkanes) is 1. The molecule has 4 heteroatoms. The van der Waals surface area contributed by atoms with E-state index in [0.29, 0.717) is 5.92 Å². The highest BCUT2D eigenvalue weighted by atomic mass is 15.0. The van der Waals surface area contributed by atoms with Crippen LogP contribution in [0.2, 0.25) is 0 Å². The Morgan fingerprint density at radius 3 is 2.48 bits per heavy atom. The minimum absolute atomic E-state index is 0.353. The van der Waals surface area contributed by atoms with Gasteiger partial charge in [0, 0.05) is 14.1 Å². The lowest BCUT2D eigenvalue weighted by Gasteiger charge is -2.14. The highest BCUT2D eigenvalue weighted by Gasteiger charge is 2.16. The summed E-state index contributed by atoms with van der Waals surface area (Å²) in [6.07, 6.45) is 6.47. The van der Waals surface area contributed by atoms with E-state index >= 15 is 0 Å². The lowest BCUT2D eigenvalue weighted by atomic mass is 9.99. The van der Waals surface area contributed by atoms with Gasteiger partial charge in [-0.15, -0.1) is 0 Å². The van der Waals surface area contributed by atoms with Crippen LogP contribution in [0.3, 0.4) is 0 Å². The summed E-state index contributed by atoms with van der Waals surface area (Å²) < 4.78 is 0. The van der Waals surface area contributed by atoms with Gasteiger partial charge in [0.2, 0.25) is 0 Å². The molecule has 0 spiro atoms. The van der Waals surface area contributed by atoms with Gasteiger partial charge in [-0.2, -0.15) is 0 Å². The van der Waals surface area contributed by atoms with E-state index in [4.69, 9.17) is 4.98 Å². The number of aromatic nitrogens is 2. The van der Waals surface area contributed by atoms with Crippen LogP contribution in [0.15, 0.2) is 11.2 Å². The molecule has 1 heterocycles. The third kappa shape index (κ3) is 5.44. The summed E-state index contributed by atoms with van der Waals surface area (Å²) in [5, 5.41) is 3.07. The molecule has 0 aliphatic rings. The van der Waals surface area contributed by atoms with Crippen molar-refractivity contribution in [2.24, 2.45) is 16.8 Å². The van der Waals surface area contributed by atoms with Crippen LogP contribution in [0.4, 0.5) is 5.82 Å². The maximum atomic E-state index is 4.69. The summed E-state index contributed by atoms with van der Waals surface area (Å²) in [6, 6.07) is 0. The van der Waals surface area contributed by atoms with Crippen LogP contribution in [0.5, 0.6) is 0 Å². The molecule has 1 rings (SSSR count). The normalized spacial score (nSPS) is 12.3. The van der Waals surface area contributed by atoms with Gasteiger partial charge in [0.25, 0.3) is 0 Å². The van der Waals surface area contributed by atoms with Gasteiger partial charge in [-0.25, -0.2) is 4.98 Å². The van der Waals surface area contributed by atoms with E-state index in [1.165, 1.54) is 12.8 Å². The molecule has 118 valence electrons. The Morgan fingerprint density at radius 2 is 1.95 bits per heavy atom. The zero-order chi connectivity index (χ0) is 15.8. The van der Waals surface area contributed by atoms with Gasteiger partial charge in [-0.3, -0.25) is 9.98 Å². The Bertz CT molecular complexity index is 464. The van der Waals surface area contributed by atoms with Crippen molar-refractivity contribution in [1.82, 2.24) is 9.97 Å². The molecule has 0 aliphatic carbocycles. The van der Waals surface area contributed by atoms with E-state index in [-0.39, 0.29) is 0 Å². The topological polar surface area (TPSA) is 50.2 Å². The van der Waals surface area contributed by atoms with Crippen molar-refractivity contribution < 1.29 is 0 Å². The molecule has 0 unspecified atom stereocenters. The zero-order valence-corrected chi connectivity index (χ0v) is 14.4. The largest absolute Gasteiger partial charge is 0.372 e. The molecular formula is C17H30N4. The molecule has 0 saturated heterocycles. The monoisotopic (exact) mass is 290 g/mol. The second kappa shape index (κ2) is 8.75. The van der Waals surface area contributed by atoms with Crippen molar-refractivity contribution in [2.45, 2.75) is 53.4 Å². The molecule has 0 atom stereocenters. The van der Waals surface area contributed by atoms with Crippen molar-refractivity contribution in [1.29, 1.82) is 0 Å². The van der Waals surface area contributed by atoms with E-state index in [9.17, 15) is 0 Å². The second-order valence-corrected chi connectivity index (χ2v) is 6.20. The number of anilines is 1. The van der Waals surface area contributed by atoms with Crippen LogP contribution in [-0.2, 0) is 6.42 Å². The summed E-state index contributed by atoms with van der Waals surface area (Å²) in [6.45, 7) is 8.85. The smallest absolute Gasteiger partial charge is 0.145 e. The highest BCUT2D eigenvalue weighted by Crippen LogP contribution is 2.17. The molecule has 0 amide bonds. The average Bonchev–Trinajstić information content (AvgIpc) is 2.44. The molecule has 0 fully saturated rings. The summed E-state index contributed by atoms with van der Waals surface area (Å²) in [5.74, 6) is 1.93. The highest BCUT2D eigenvalue weighted by molar-refractivity contribution is 6.01. The van der Waals surface area contributed by atoms with E-state index in [1.807, 2.05) is 20.3 Å². The number of nitrogens with one attached hydrogen (secondary N) is 1. The van der Waals surface area contributed by atoms with Crippen LogP contribution < -0.4 is 5.32 Å². The number of aryl methyl sites for hydroxylation is 1. The number of nitrogens with zero attached hydrogens (tertiary/aromatic N) is 3. The lowest BCUT2D eigenvalue weighted by molar-refractivity contribution is 0.536. The van der Waals surface area contributed by atoms with Crippen molar-refractivity contribution in [3.05, 3.63) is 17.6 Å². The van der Waals surface area contributed by atoms with Crippen LogP contribution in [0.1, 0.15) is 58.3 Å². The molecule has 21 heavy (non-hydrogen) atoms. The summed E-state index contributed by atoms with van der Waals surface area (Å²) in [5.41, 5.74) is 3.08. The first-order valence-electron chi connectivity index (χ1n) is 8.00. The molecule has 0 aromatic carbocycles. The Labute approximate surface area is 129 Å². The van der Waals surface area contributed by atoms with Gasteiger partial charge in [0.1, 0.15) is 11.5 Å². The van der Waals surface area contributed by atoms with Crippen LogP contribution in [0, 0.1) is 11.8 Å². The number of hydrogen-bond donors (Lipinski definition) is 1. The molecule has 0 saturated carbocycles. The fourth-order valence-corrected chi connectivity index (χ4v) is 2.41. The predicted molar refractivity (Wildman–Crippen MR) is 91.3 cm³/mol. The van der Waals surface area contributed by atoms with E-state index in [1.54, 1.807) is 0 Å². The summed E-state index contributed by atoms with van der Waals surface area (Å²) in [4.78, 5) is 13.7. The van der Waals surface area contributed by atoms with Gasteiger partial charge in [-0.1, -0.05) is 40.5 Å².